The molecule has 0 saturated carbocycles. The van der Waals surface area contributed by atoms with Crippen LogP contribution in [-0.4, -0.2) is 25.7 Å². The number of nitrogens with two attached hydrogens (primary N) is 1. The number of nitrogens with one attached hydrogen (secondary N) is 1. The summed E-state index contributed by atoms with van der Waals surface area (Å²) in [6, 6.07) is 6.63. The maximum atomic E-state index is 5.81. The van der Waals surface area contributed by atoms with Crippen molar-refractivity contribution in [3.05, 3.63) is 22.7 Å². The van der Waals surface area contributed by atoms with Gasteiger partial charge in [-0.1, -0.05) is 15.9 Å². The number of halogens is 1. The van der Waals surface area contributed by atoms with Crippen molar-refractivity contribution in [3.8, 4) is 0 Å². The number of hydrogen-bond donors (Lipinski definition) is 2. The van der Waals surface area contributed by atoms with Crippen molar-refractivity contribution in [3.63, 3.8) is 0 Å². The quantitative estimate of drug-likeness (QED) is 0.895. The Balaban J connectivity index is 2.15. The molecule has 2 rings (SSSR count). The fourth-order valence-electron chi connectivity index (χ4n) is 1.95. The van der Waals surface area contributed by atoms with Gasteiger partial charge in [0.05, 0.1) is 11.4 Å². The Kier molecular flexibility index (Phi) is 3.71. The molecule has 1 unspecified atom stereocenters. The standard InChI is InChI=1S/C12H18BrN3/c1-9(14)4-6-16-7-5-15-11-3-2-10(13)8-12(11)16/h2-3,8-9,15H,4-7,14H2,1H3. The maximum Gasteiger partial charge on any atom is 0.0613 e. The van der Waals surface area contributed by atoms with E-state index in [-0.39, 0.29) is 6.04 Å². The molecule has 0 bridgehead atoms. The Morgan fingerprint density at radius 3 is 3.12 bits per heavy atom. The third kappa shape index (κ3) is 2.68. The molecule has 0 spiro atoms. The molecule has 4 heteroatoms. The zero-order valence-electron chi connectivity index (χ0n) is 9.54. The van der Waals surface area contributed by atoms with Gasteiger partial charge in [-0.15, -0.1) is 0 Å². The van der Waals surface area contributed by atoms with Crippen molar-refractivity contribution in [2.24, 2.45) is 5.73 Å². The van der Waals surface area contributed by atoms with Crippen LogP contribution in [0, 0.1) is 0 Å². The molecule has 3 N–H and O–H groups in total. The third-order valence-corrected chi connectivity index (χ3v) is 3.35. The van der Waals surface area contributed by atoms with Gasteiger partial charge >= 0.3 is 0 Å². The number of rotatable bonds is 3. The monoisotopic (exact) mass is 283 g/mol. The van der Waals surface area contributed by atoms with Gasteiger partial charge in [-0.25, -0.2) is 0 Å². The van der Waals surface area contributed by atoms with Crippen LogP contribution < -0.4 is 16.0 Å². The molecule has 1 aliphatic rings. The maximum absolute atomic E-state index is 5.81. The molecule has 1 heterocycles. The fourth-order valence-corrected chi connectivity index (χ4v) is 2.30. The third-order valence-electron chi connectivity index (χ3n) is 2.85. The van der Waals surface area contributed by atoms with E-state index in [9.17, 15) is 0 Å². The normalized spacial score (nSPS) is 16.6. The van der Waals surface area contributed by atoms with Gasteiger partial charge in [0.2, 0.25) is 0 Å². The van der Waals surface area contributed by atoms with E-state index in [4.69, 9.17) is 5.73 Å². The van der Waals surface area contributed by atoms with Crippen molar-refractivity contribution in [2.75, 3.05) is 29.9 Å². The summed E-state index contributed by atoms with van der Waals surface area (Å²) < 4.78 is 1.13. The highest BCUT2D eigenvalue weighted by molar-refractivity contribution is 9.10. The Labute approximate surface area is 105 Å². The summed E-state index contributed by atoms with van der Waals surface area (Å²) in [7, 11) is 0. The first-order chi connectivity index (χ1) is 7.66. The fraction of sp³-hybridized carbons (Fsp3) is 0.500. The molecular formula is C12H18BrN3. The number of hydrogen-bond acceptors (Lipinski definition) is 3. The lowest BCUT2D eigenvalue weighted by atomic mass is 10.1. The highest BCUT2D eigenvalue weighted by Crippen LogP contribution is 2.31. The molecule has 0 aliphatic carbocycles. The molecule has 1 aromatic rings. The second-order valence-electron chi connectivity index (χ2n) is 4.34. The first-order valence-corrected chi connectivity index (χ1v) is 6.50. The summed E-state index contributed by atoms with van der Waals surface area (Å²) in [6.45, 7) is 5.15. The van der Waals surface area contributed by atoms with Crippen LogP contribution in [0.1, 0.15) is 13.3 Å². The van der Waals surface area contributed by atoms with Crippen molar-refractivity contribution in [1.82, 2.24) is 0 Å². The Hall–Kier alpha value is -0.740. The van der Waals surface area contributed by atoms with E-state index < -0.39 is 0 Å². The minimum Gasteiger partial charge on any atom is -0.382 e. The van der Waals surface area contributed by atoms with Crippen LogP contribution in [0.5, 0.6) is 0 Å². The van der Waals surface area contributed by atoms with E-state index in [1.54, 1.807) is 0 Å². The van der Waals surface area contributed by atoms with E-state index in [0.717, 1.165) is 30.5 Å². The summed E-state index contributed by atoms with van der Waals surface area (Å²) in [5.74, 6) is 0. The van der Waals surface area contributed by atoms with E-state index >= 15 is 0 Å². The largest absolute Gasteiger partial charge is 0.382 e. The van der Waals surface area contributed by atoms with E-state index in [1.165, 1.54) is 11.4 Å². The van der Waals surface area contributed by atoms with E-state index in [0.29, 0.717) is 0 Å². The highest BCUT2D eigenvalue weighted by Gasteiger charge is 2.16. The molecule has 0 amide bonds. The number of nitrogens with zero attached hydrogens (tertiary/aromatic N) is 1. The molecule has 3 nitrogen and oxygen atoms in total. The molecule has 0 fully saturated rings. The smallest absolute Gasteiger partial charge is 0.0613 e. The van der Waals surface area contributed by atoms with Crippen LogP contribution in [0.25, 0.3) is 0 Å². The average Bonchev–Trinajstić information content (AvgIpc) is 2.26. The van der Waals surface area contributed by atoms with Crippen LogP contribution >= 0.6 is 15.9 Å². The van der Waals surface area contributed by atoms with Crippen LogP contribution in [0.15, 0.2) is 22.7 Å². The predicted molar refractivity (Wildman–Crippen MR) is 73.1 cm³/mol. The van der Waals surface area contributed by atoms with Gasteiger partial charge in [-0.05, 0) is 31.5 Å². The van der Waals surface area contributed by atoms with Gasteiger partial charge in [0.1, 0.15) is 0 Å². The van der Waals surface area contributed by atoms with Crippen LogP contribution in [0.2, 0.25) is 0 Å². The second kappa shape index (κ2) is 5.06. The molecular weight excluding hydrogens is 266 g/mol. The lowest BCUT2D eigenvalue weighted by Gasteiger charge is -2.32. The SMILES string of the molecule is CC(N)CCN1CCNc2ccc(Br)cc21. The molecule has 0 aromatic heterocycles. The van der Waals surface area contributed by atoms with Crippen LogP contribution in [0.4, 0.5) is 11.4 Å². The molecule has 1 aliphatic heterocycles. The van der Waals surface area contributed by atoms with Gasteiger partial charge in [-0.2, -0.15) is 0 Å². The Morgan fingerprint density at radius 1 is 1.56 bits per heavy atom. The van der Waals surface area contributed by atoms with Gasteiger partial charge in [0.25, 0.3) is 0 Å². The minimum absolute atomic E-state index is 0.269. The molecule has 1 aromatic carbocycles. The Bertz CT molecular complexity index is 365. The topological polar surface area (TPSA) is 41.3 Å². The van der Waals surface area contributed by atoms with Gasteiger partial charge in [0.15, 0.2) is 0 Å². The van der Waals surface area contributed by atoms with Gasteiger partial charge < -0.3 is 16.0 Å². The van der Waals surface area contributed by atoms with Crippen molar-refractivity contribution in [2.45, 2.75) is 19.4 Å². The summed E-state index contributed by atoms with van der Waals surface area (Å²) in [5.41, 5.74) is 8.31. The second-order valence-corrected chi connectivity index (χ2v) is 5.26. The first-order valence-electron chi connectivity index (χ1n) is 5.71. The summed E-state index contributed by atoms with van der Waals surface area (Å²) in [6.07, 6.45) is 1.03. The zero-order chi connectivity index (χ0) is 11.5. The Morgan fingerprint density at radius 2 is 2.38 bits per heavy atom. The summed E-state index contributed by atoms with van der Waals surface area (Å²) in [4.78, 5) is 2.40. The molecule has 88 valence electrons. The van der Waals surface area contributed by atoms with Crippen LogP contribution in [0.3, 0.4) is 0 Å². The number of fused-ring (bicyclic) bond motifs is 1. The van der Waals surface area contributed by atoms with Crippen molar-refractivity contribution >= 4 is 27.3 Å². The molecule has 0 saturated heterocycles. The summed E-state index contributed by atoms with van der Waals surface area (Å²) >= 11 is 3.52. The first kappa shape index (κ1) is 11.7. The van der Waals surface area contributed by atoms with E-state index in [1.807, 2.05) is 0 Å². The molecule has 16 heavy (non-hydrogen) atoms. The van der Waals surface area contributed by atoms with Gasteiger partial charge in [-0.3, -0.25) is 0 Å². The predicted octanol–water partition coefficient (Wildman–Crippen LogP) is 2.42. The highest BCUT2D eigenvalue weighted by atomic mass is 79.9. The van der Waals surface area contributed by atoms with Gasteiger partial charge in [0, 0.05) is 30.1 Å². The minimum atomic E-state index is 0.269. The molecule has 0 radical (unpaired) electrons. The molecule has 1 atom stereocenters. The van der Waals surface area contributed by atoms with Crippen LogP contribution in [-0.2, 0) is 0 Å². The van der Waals surface area contributed by atoms with Crippen molar-refractivity contribution < 1.29 is 0 Å². The zero-order valence-corrected chi connectivity index (χ0v) is 11.1. The van der Waals surface area contributed by atoms with E-state index in [2.05, 4.69) is 51.3 Å². The summed E-state index contributed by atoms with van der Waals surface area (Å²) in [5, 5.41) is 3.41. The lowest BCUT2D eigenvalue weighted by molar-refractivity contribution is 0.637. The lowest BCUT2D eigenvalue weighted by Crippen LogP contribution is -2.36. The average molecular weight is 284 g/mol. The number of anilines is 2. The number of benzene rings is 1. The van der Waals surface area contributed by atoms with Crippen molar-refractivity contribution in [1.29, 1.82) is 0 Å².